The smallest absolute Gasteiger partial charge is 0.321 e. The molecule has 1 aliphatic heterocycles. The number of imide groups is 1. The van der Waals surface area contributed by atoms with Crippen LogP contribution >= 0.6 is 0 Å². The van der Waals surface area contributed by atoms with Crippen LogP contribution in [0, 0.1) is 0 Å². The van der Waals surface area contributed by atoms with Crippen molar-refractivity contribution in [1.29, 1.82) is 0 Å². The topological polar surface area (TPSA) is 105 Å². The van der Waals surface area contributed by atoms with Gasteiger partial charge in [-0.05, 0) is 37.0 Å². The van der Waals surface area contributed by atoms with Gasteiger partial charge in [-0.3, -0.25) is 19.7 Å². The van der Waals surface area contributed by atoms with E-state index < -0.39 is 30.1 Å². The summed E-state index contributed by atoms with van der Waals surface area (Å²) < 4.78 is 5.26. The van der Waals surface area contributed by atoms with E-state index in [1.807, 2.05) is 30.3 Å². The molecule has 4 amide bonds. The van der Waals surface area contributed by atoms with Crippen LogP contribution in [0.5, 0.6) is 0 Å². The van der Waals surface area contributed by atoms with Gasteiger partial charge in [0.25, 0.3) is 5.91 Å². The van der Waals surface area contributed by atoms with Crippen molar-refractivity contribution in [1.82, 2.24) is 15.5 Å². The van der Waals surface area contributed by atoms with Crippen LogP contribution in [0.25, 0.3) is 6.08 Å². The number of fused-ring (bicyclic) bond motifs is 1. The normalized spacial score (nSPS) is 19.2. The Morgan fingerprint density at radius 2 is 1.84 bits per heavy atom. The molecule has 1 aromatic carbocycles. The molecule has 8 heteroatoms. The second kappa shape index (κ2) is 10.2. The molecule has 2 N–H and O–H groups in total. The fraction of sp³-hybridized carbons (Fsp3) is 0.478. The van der Waals surface area contributed by atoms with Gasteiger partial charge in [-0.1, -0.05) is 43.5 Å². The van der Waals surface area contributed by atoms with Crippen LogP contribution in [-0.4, -0.2) is 40.9 Å². The molecule has 1 fully saturated rings. The zero-order valence-corrected chi connectivity index (χ0v) is 17.9. The monoisotopic (exact) mass is 427 g/mol. The Morgan fingerprint density at radius 1 is 1.13 bits per heavy atom. The maximum absolute atomic E-state index is 12.5. The molecule has 0 unspecified atom stereocenters. The summed E-state index contributed by atoms with van der Waals surface area (Å²) in [6.45, 7) is 2.84. The fourth-order valence-electron chi connectivity index (χ4n) is 4.05. The minimum atomic E-state index is -1.13. The summed E-state index contributed by atoms with van der Waals surface area (Å²) in [4.78, 5) is 50.4. The molecule has 8 nitrogen and oxygen atoms in total. The summed E-state index contributed by atoms with van der Waals surface area (Å²) in [6, 6.07) is 6.46. The molecule has 0 spiro atoms. The summed E-state index contributed by atoms with van der Waals surface area (Å²) in [5, 5.41) is 5.03. The number of benzene rings is 1. The summed E-state index contributed by atoms with van der Waals surface area (Å²) in [7, 11) is 0. The minimum absolute atomic E-state index is 0.0661. The average molecular weight is 428 g/mol. The van der Waals surface area contributed by atoms with Gasteiger partial charge in [0.15, 0.2) is 6.10 Å². The van der Waals surface area contributed by atoms with E-state index in [1.165, 1.54) is 18.7 Å². The number of esters is 1. The summed E-state index contributed by atoms with van der Waals surface area (Å²) in [6.07, 6.45) is 7.30. The van der Waals surface area contributed by atoms with Crippen LogP contribution in [-0.2, 0) is 19.1 Å². The number of hydrogen-bond acceptors (Lipinski definition) is 5. The fourth-order valence-corrected chi connectivity index (χ4v) is 4.05. The van der Waals surface area contributed by atoms with E-state index in [1.54, 1.807) is 6.20 Å². The lowest BCUT2D eigenvalue weighted by Crippen LogP contribution is -2.48. The van der Waals surface area contributed by atoms with E-state index in [9.17, 15) is 19.2 Å². The van der Waals surface area contributed by atoms with E-state index in [4.69, 9.17) is 4.74 Å². The highest BCUT2D eigenvalue weighted by Gasteiger charge is 2.30. The SMILES string of the molecule is CC(=O)N1C=Cc2ccccc2[C@H]1CC(=O)O[C@@H](C)C(=O)NC(=O)NC1CCCCC1. The number of rotatable bonds is 5. The molecule has 2 atom stereocenters. The molecule has 1 saturated carbocycles. The second-order valence-corrected chi connectivity index (χ2v) is 8.02. The predicted molar refractivity (Wildman–Crippen MR) is 114 cm³/mol. The first-order valence-corrected chi connectivity index (χ1v) is 10.7. The van der Waals surface area contributed by atoms with Crippen molar-refractivity contribution in [2.75, 3.05) is 0 Å². The maximum atomic E-state index is 12.5. The number of carbonyl (C=O) groups excluding carboxylic acids is 4. The minimum Gasteiger partial charge on any atom is -0.452 e. The summed E-state index contributed by atoms with van der Waals surface area (Å²) >= 11 is 0. The number of amides is 4. The summed E-state index contributed by atoms with van der Waals surface area (Å²) in [5.41, 5.74) is 1.75. The quantitative estimate of drug-likeness (QED) is 0.703. The van der Waals surface area contributed by atoms with E-state index in [2.05, 4.69) is 10.6 Å². The Bertz CT molecular complexity index is 876. The Balaban J connectivity index is 1.55. The van der Waals surface area contributed by atoms with Gasteiger partial charge < -0.3 is 15.0 Å². The third-order valence-corrected chi connectivity index (χ3v) is 5.68. The van der Waals surface area contributed by atoms with E-state index in [0.717, 1.165) is 43.2 Å². The van der Waals surface area contributed by atoms with Gasteiger partial charge in [-0.15, -0.1) is 0 Å². The van der Waals surface area contributed by atoms with Crippen molar-refractivity contribution >= 4 is 29.9 Å². The first-order chi connectivity index (χ1) is 14.8. The highest BCUT2D eigenvalue weighted by atomic mass is 16.5. The number of nitrogens with zero attached hydrogens (tertiary/aromatic N) is 1. The van der Waals surface area contributed by atoms with E-state index in [-0.39, 0.29) is 18.4 Å². The van der Waals surface area contributed by atoms with Gasteiger partial charge in [-0.25, -0.2) is 4.79 Å². The third kappa shape index (κ3) is 5.93. The maximum Gasteiger partial charge on any atom is 0.321 e. The van der Waals surface area contributed by atoms with Crippen molar-refractivity contribution in [3.63, 3.8) is 0 Å². The molecule has 31 heavy (non-hydrogen) atoms. The van der Waals surface area contributed by atoms with Crippen molar-refractivity contribution in [2.24, 2.45) is 0 Å². The van der Waals surface area contributed by atoms with Crippen molar-refractivity contribution < 1.29 is 23.9 Å². The Kier molecular flexibility index (Phi) is 7.44. The van der Waals surface area contributed by atoms with Crippen LogP contribution in [0.4, 0.5) is 4.79 Å². The molecule has 1 heterocycles. The Morgan fingerprint density at radius 3 is 2.55 bits per heavy atom. The lowest BCUT2D eigenvalue weighted by atomic mass is 9.94. The molecule has 166 valence electrons. The molecule has 0 radical (unpaired) electrons. The molecule has 0 bridgehead atoms. The largest absolute Gasteiger partial charge is 0.452 e. The number of nitrogens with one attached hydrogen (secondary N) is 2. The highest BCUT2D eigenvalue weighted by Crippen LogP contribution is 2.33. The molecular formula is C23H29N3O5. The zero-order valence-electron chi connectivity index (χ0n) is 17.9. The lowest BCUT2D eigenvalue weighted by Gasteiger charge is -2.32. The third-order valence-electron chi connectivity index (χ3n) is 5.68. The Hall–Kier alpha value is -3.16. The standard InChI is InChI=1S/C23H29N3O5/c1-15(22(29)25-23(30)24-18-9-4-3-5-10-18)31-21(28)14-20-19-11-7-6-8-17(19)12-13-26(20)16(2)27/h6-8,11-13,15,18,20H,3-5,9-10,14H2,1-2H3,(H2,24,25,29,30)/t15-,20+/m0/s1. The van der Waals surface area contributed by atoms with Crippen molar-refractivity contribution in [2.45, 2.75) is 70.6 Å². The van der Waals surface area contributed by atoms with Crippen LogP contribution < -0.4 is 10.6 Å². The number of carbonyl (C=O) groups is 4. The molecular weight excluding hydrogens is 398 g/mol. The molecule has 2 aliphatic rings. The number of urea groups is 1. The van der Waals surface area contributed by atoms with Gasteiger partial charge in [0.2, 0.25) is 5.91 Å². The van der Waals surface area contributed by atoms with Crippen LogP contribution in [0.1, 0.15) is 69.5 Å². The molecule has 0 saturated heterocycles. The summed E-state index contributed by atoms with van der Waals surface area (Å²) in [5.74, 6) is -1.51. The predicted octanol–water partition coefficient (Wildman–Crippen LogP) is 3.04. The number of ether oxygens (including phenoxy) is 1. The van der Waals surface area contributed by atoms with Crippen LogP contribution in [0.2, 0.25) is 0 Å². The molecule has 1 aliphatic carbocycles. The first kappa shape index (κ1) is 22.5. The van der Waals surface area contributed by atoms with E-state index >= 15 is 0 Å². The average Bonchev–Trinajstić information content (AvgIpc) is 2.74. The second-order valence-electron chi connectivity index (χ2n) is 8.02. The van der Waals surface area contributed by atoms with Gasteiger partial charge in [0, 0.05) is 19.2 Å². The first-order valence-electron chi connectivity index (χ1n) is 10.7. The van der Waals surface area contributed by atoms with Crippen molar-refractivity contribution in [3.8, 4) is 0 Å². The van der Waals surface area contributed by atoms with Crippen LogP contribution in [0.3, 0.4) is 0 Å². The van der Waals surface area contributed by atoms with Gasteiger partial charge in [0.05, 0.1) is 12.5 Å². The highest BCUT2D eigenvalue weighted by molar-refractivity contribution is 5.97. The van der Waals surface area contributed by atoms with Gasteiger partial charge in [0.1, 0.15) is 0 Å². The van der Waals surface area contributed by atoms with Gasteiger partial charge in [-0.2, -0.15) is 0 Å². The molecule has 1 aromatic rings. The molecule has 3 rings (SSSR count). The zero-order chi connectivity index (χ0) is 22.4. The van der Waals surface area contributed by atoms with Crippen molar-refractivity contribution in [3.05, 3.63) is 41.6 Å². The lowest BCUT2D eigenvalue weighted by molar-refractivity contribution is -0.155. The van der Waals surface area contributed by atoms with Gasteiger partial charge >= 0.3 is 12.0 Å². The molecule has 0 aromatic heterocycles. The Labute approximate surface area is 182 Å². The number of hydrogen-bond donors (Lipinski definition) is 2. The van der Waals surface area contributed by atoms with Crippen LogP contribution in [0.15, 0.2) is 30.5 Å². The van der Waals surface area contributed by atoms with E-state index in [0.29, 0.717) is 0 Å².